The van der Waals surface area contributed by atoms with Gasteiger partial charge in [0.1, 0.15) is 0 Å². The van der Waals surface area contributed by atoms with Gasteiger partial charge in [0.05, 0.1) is 0 Å². The maximum Gasteiger partial charge on any atom is 0.500 e. The van der Waals surface area contributed by atoms with Crippen LogP contribution in [0.4, 0.5) is 0 Å². The van der Waals surface area contributed by atoms with Gasteiger partial charge in [0, 0.05) is 18.9 Å². The minimum atomic E-state index is -0.103. The van der Waals surface area contributed by atoms with E-state index in [0.29, 0.717) is 0 Å². The van der Waals surface area contributed by atoms with Crippen LogP contribution in [0.3, 0.4) is 0 Å². The van der Waals surface area contributed by atoms with Crippen LogP contribution in [0.2, 0.25) is 4.55 Å². The second kappa shape index (κ2) is 9.17. The van der Waals surface area contributed by atoms with Crippen LogP contribution >= 0.6 is 9.07 Å². The smallest absolute Gasteiger partial charge is 0.346 e. The number of hydrogen-bond acceptors (Lipinski definition) is 0. The second-order valence-electron chi connectivity index (χ2n) is 0.689. The van der Waals surface area contributed by atoms with E-state index < -0.39 is 0 Å². The van der Waals surface area contributed by atoms with E-state index in [4.69, 9.17) is 9.07 Å². The maximum absolute atomic E-state index is 5.32. The van der Waals surface area contributed by atoms with Gasteiger partial charge in [-0.05, 0) is 0 Å². The summed E-state index contributed by atoms with van der Waals surface area (Å²) >= 11 is -0.103. The SMILES string of the molecule is C[CH2][Mg][Cl].[Li]. The summed E-state index contributed by atoms with van der Waals surface area (Å²) in [5.41, 5.74) is 0. The van der Waals surface area contributed by atoms with Crippen LogP contribution in [0.25, 0.3) is 0 Å². The molecule has 5 heavy (non-hydrogen) atoms. The molecule has 0 N–H and O–H groups in total. The summed E-state index contributed by atoms with van der Waals surface area (Å²) in [7, 11) is 5.32. The minimum Gasteiger partial charge on any atom is -0.346 e. The number of hydrogen-bond donors (Lipinski definition) is 0. The second-order valence-corrected chi connectivity index (χ2v) is 3.20. The molecule has 23 valence electrons. The number of halogens is 1. The fourth-order valence-electron chi connectivity index (χ4n) is 0. The Balaban J connectivity index is 0. The summed E-state index contributed by atoms with van der Waals surface area (Å²) < 4.78 is 1.22. The van der Waals surface area contributed by atoms with Gasteiger partial charge < -0.3 is 9.07 Å². The van der Waals surface area contributed by atoms with Gasteiger partial charge in [0.15, 0.2) is 0 Å². The Morgan fingerprint density at radius 1 is 1.80 bits per heavy atom. The van der Waals surface area contributed by atoms with Crippen molar-refractivity contribution in [1.29, 1.82) is 0 Å². The fraction of sp³-hybridized carbons (Fsp3) is 1.00. The maximum atomic E-state index is 5.32. The molecule has 0 heterocycles. The van der Waals surface area contributed by atoms with E-state index in [2.05, 4.69) is 6.92 Å². The van der Waals surface area contributed by atoms with Gasteiger partial charge in [-0.3, -0.25) is 0 Å². The third-order valence-corrected chi connectivity index (χ3v) is 1.70. The van der Waals surface area contributed by atoms with E-state index in [1.54, 1.807) is 0 Å². The first-order valence-electron chi connectivity index (χ1n) is 1.47. The summed E-state index contributed by atoms with van der Waals surface area (Å²) in [5.74, 6) is 0. The zero-order chi connectivity index (χ0) is 3.41. The first-order chi connectivity index (χ1) is 1.91. The van der Waals surface area contributed by atoms with Crippen LogP contribution in [0.5, 0.6) is 0 Å². The molecular formula is C2H5ClLiMg. The third-order valence-electron chi connectivity index (χ3n) is 0.189. The van der Waals surface area contributed by atoms with Gasteiger partial charge in [0.2, 0.25) is 0 Å². The van der Waals surface area contributed by atoms with Crippen molar-refractivity contribution in [1.82, 2.24) is 0 Å². The Morgan fingerprint density at radius 2 is 2.00 bits per heavy atom. The molecule has 0 atom stereocenters. The molecule has 0 aromatic heterocycles. The van der Waals surface area contributed by atoms with E-state index >= 15 is 0 Å². The zero-order valence-electron chi connectivity index (χ0n) is 3.79. The fourth-order valence-corrected chi connectivity index (χ4v) is 0. The Hall–Kier alpha value is 1.65. The van der Waals surface area contributed by atoms with Crippen molar-refractivity contribution in [2.24, 2.45) is 0 Å². The monoisotopic (exact) mass is 95.0 g/mol. The topological polar surface area (TPSA) is 0 Å². The van der Waals surface area contributed by atoms with Gasteiger partial charge >= 0.3 is 19.3 Å². The summed E-state index contributed by atoms with van der Waals surface area (Å²) in [4.78, 5) is 0. The van der Waals surface area contributed by atoms with E-state index in [0.717, 1.165) is 0 Å². The Kier molecular flexibility index (Phi) is 18.0. The summed E-state index contributed by atoms with van der Waals surface area (Å²) in [5, 5.41) is 0. The molecular weight excluding hydrogens is 90.7 g/mol. The van der Waals surface area contributed by atoms with Crippen molar-refractivity contribution < 1.29 is 0 Å². The standard InChI is InChI=1S/C2H5.ClH.Li.Mg/c1-2;;;/h1H2,2H3;1H;;/q;;;+1/p-1. The van der Waals surface area contributed by atoms with Crippen molar-refractivity contribution in [3.05, 3.63) is 0 Å². The molecule has 0 aliphatic heterocycles. The van der Waals surface area contributed by atoms with E-state index in [-0.39, 0.29) is 38.1 Å². The van der Waals surface area contributed by atoms with Crippen LogP contribution in [-0.2, 0) is 0 Å². The van der Waals surface area contributed by atoms with Crippen LogP contribution in [-0.4, -0.2) is 38.1 Å². The van der Waals surface area contributed by atoms with Crippen LogP contribution in [0.1, 0.15) is 6.92 Å². The van der Waals surface area contributed by atoms with Crippen molar-refractivity contribution in [2.45, 2.75) is 11.5 Å². The van der Waals surface area contributed by atoms with Gasteiger partial charge in [-0.2, -0.15) is 0 Å². The predicted molar refractivity (Wildman–Crippen MR) is 27.8 cm³/mol. The minimum absolute atomic E-state index is 0. The molecule has 0 fully saturated rings. The Labute approximate surface area is 58.3 Å². The van der Waals surface area contributed by atoms with Crippen LogP contribution < -0.4 is 0 Å². The molecule has 3 heteroatoms. The molecule has 0 aromatic rings. The summed E-state index contributed by atoms with van der Waals surface area (Å²) in [6, 6.07) is 0. The molecule has 0 aliphatic carbocycles. The normalized spacial score (nSPS) is 4.40. The first-order valence-corrected chi connectivity index (χ1v) is 4.61. The molecule has 0 nitrogen and oxygen atoms in total. The molecule has 0 rings (SSSR count). The first kappa shape index (κ1) is 9.82. The molecule has 0 aromatic carbocycles. The van der Waals surface area contributed by atoms with Crippen LogP contribution in [0.15, 0.2) is 0 Å². The molecule has 1 radical (unpaired) electrons. The molecule has 0 aliphatic rings. The summed E-state index contributed by atoms with van der Waals surface area (Å²) in [6.07, 6.45) is 0. The van der Waals surface area contributed by atoms with Gasteiger partial charge in [-0.1, -0.05) is 6.92 Å². The molecule has 0 unspecified atom stereocenters. The molecule has 0 saturated carbocycles. The number of rotatable bonds is 1. The van der Waals surface area contributed by atoms with Crippen molar-refractivity contribution >= 4 is 47.2 Å². The third kappa shape index (κ3) is 10.7. The van der Waals surface area contributed by atoms with E-state index in [9.17, 15) is 0 Å². The van der Waals surface area contributed by atoms with Crippen LogP contribution in [0, 0.1) is 0 Å². The van der Waals surface area contributed by atoms with Crippen molar-refractivity contribution in [3.8, 4) is 0 Å². The average molecular weight is 95.8 g/mol. The quantitative estimate of drug-likeness (QED) is 0.425. The zero-order valence-corrected chi connectivity index (χ0v) is 5.96. The van der Waals surface area contributed by atoms with Crippen molar-refractivity contribution in [3.63, 3.8) is 0 Å². The van der Waals surface area contributed by atoms with E-state index in [1.807, 2.05) is 0 Å². The average Bonchev–Trinajstić information content (AvgIpc) is 1.37. The Bertz CT molecular complexity index is 11.6. The molecule has 0 amide bonds. The Morgan fingerprint density at radius 3 is 2.00 bits per heavy atom. The molecule has 0 spiro atoms. The van der Waals surface area contributed by atoms with Gasteiger partial charge in [0.25, 0.3) is 0 Å². The van der Waals surface area contributed by atoms with Gasteiger partial charge in [-0.15, -0.1) is 4.55 Å². The van der Waals surface area contributed by atoms with E-state index in [1.165, 1.54) is 4.55 Å². The van der Waals surface area contributed by atoms with Crippen molar-refractivity contribution in [2.75, 3.05) is 0 Å². The predicted octanol–water partition coefficient (Wildman–Crippen LogP) is 0.902. The summed E-state index contributed by atoms with van der Waals surface area (Å²) in [6.45, 7) is 2.11. The largest absolute Gasteiger partial charge is 0.500 e. The molecule has 0 bridgehead atoms. The molecule has 0 saturated heterocycles. The van der Waals surface area contributed by atoms with Gasteiger partial charge in [-0.25, -0.2) is 0 Å².